The van der Waals surface area contributed by atoms with E-state index in [4.69, 9.17) is 5.26 Å². The molecule has 19 heavy (non-hydrogen) atoms. The number of methoxy groups -OCH3 is 1. The predicted molar refractivity (Wildman–Crippen MR) is 67.6 cm³/mol. The molecule has 0 aromatic heterocycles. The zero-order valence-corrected chi connectivity index (χ0v) is 11.5. The van der Waals surface area contributed by atoms with Crippen LogP contribution < -0.4 is 0 Å². The van der Waals surface area contributed by atoms with Crippen molar-refractivity contribution < 1.29 is 17.9 Å². The van der Waals surface area contributed by atoms with E-state index in [9.17, 15) is 13.2 Å². The number of ether oxygens (including phenoxy) is 1. The van der Waals surface area contributed by atoms with Crippen molar-refractivity contribution in [3.05, 3.63) is 29.8 Å². The Kier molecular flexibility index (Phi) is 5.03. The zero-order valence-electron chi connectivity index (χ0n) is 10.7. The first kappa shape index (κ1) is 15.1. The Morgan fingerprint density at radius 1 is 1.42 bits per heavy atom. The van der Waals surface area contributed by atoms with Crippen molar-refractivity contribution in [2.45, 2.75) is 11.8 Å². The van der Waals surface area contributed by atoms with Gasteiger partial charge < -0.3 is 4.74 Å². The van der Waals surface area contributed by atoms with Crippen LogP contribution in [0.25, 0.3) is 0 Å². The first-order valence-corrected chi connectivity index (χ1v) is 6.97. The smallest absolute Gasteiger partial charge is 0.321 e. The quantitative estimate of drug-likeness (QED) is 0.743. The van der Waals surface area contributed by atoms with Gasteiger partial charge in [0.1, 0.15) is 12.6 Å². The van der Waals surface area contributed by atoms with Crippen molar-refractivity contribution in [2.24, 2.45) is 0 Å². The van der Waals surface area contributed by atoms with Crippen molar-refractivity contribution in [1.29, 1.82) is 5.26 Å². The fraction of sp³-hybridized carbons (Fsp3) is 0.333. The number of sulfonamides is 1. The highest BCUT2D eigenvalue weighted by atomic mass is 32.2. The van der Waals surface area contributed by atoms with Gasteiger partial charge in [-0.1, -0.05) is 19.1 Å². The number of likely N-dealkylation sites (N-methyl/N-ethyl adjacent to an activating group) is 1. The zero-order chi connectivity index (χ0) is 14.5. The van der Waals surface area contributed by atoms with Crippen LogP contribution in [0.2, 0.25) is 0 Å². The maximum atomic E-state index is 12.4. The van der Waals surface area contributed by atoms with E-state index in [1.165, 1.54) is 25.3 Å². The molecule has 1 aromatic rings. The SMILES string of the molecule is CCN(CC(=O)OC)S(=O)(=O)c1ccccc1C#N. The Morgan fingerprint density at radius 2 is 2.05 bits per heavy atom. The number of rotatable bonds is 5. The number of hydrogen-bond acceptors (Lipinski definition) is 5. The molecular weight excluding hydrogens is 268 g/mol. The second kappa shape index (κ2) is 6.31. The lowest BCUT2D eigenvalue weighted by Crippen LogP contribution is -2.36. The normalized spacial score (nSPS) is 11.1. The first-order chi connectivity index (χ1) is 8.97. The van der Waals surface area contributed by atoms with Crippen LogP contribution in [0.15, 0.2) is 29.2 Å². The van der Waals surface area contributed by atoms with E-state index in [-0.39, 0.29) is 23.5 Å². The molecule has 0 saturated carbocycles. The summed E-state index contributed by atoms with van der Waals surface area (Å²) in [4.78, 5) is 11.1. The average molecular weight is 282 g/mol. The summed E-state index contributed by atoms with van der Waals surface area (Å²) in [6.45, 7) is 1.34. The molecule has 102 valence electrons. The predicted octanol–water partition coefficient (Wildman–Crippen LogP) is 0.742. The van der Waals surface area contributed by atoms with Gasteiger partial charge in [-0.2, -0.15) is 9.57 Å². The fourth-order valence-corrected chi connectivity index (χ4v) is 3.03. The van der Waals surface area contributed by atoms with Gasteiger partial charge in [0, 0.05) is 6.54 Å². The van der Waals surface area contributed by atoms with Gasteiger partial charge in [-0.3, -0.25) is 4.79 Å². The molecule has 0 heterocycles. The molecule has 0 atom stereocenters. The minimum Gasteiger partial charge on any atom is -0.468 e. The Bertz CT molecular complexity index is 604. The molecule has 0 aliphatic rings. The van der Waals surface area contributed by atoms with E-state index in [0.717, 1.165) is 4.31 Å². The van der Waals surface area contributed by atoms with E-state index >= 15 is 0 Å². The molecule has 7 heteroatoms. The summed E-state index contributed by atoms with van der Waals surface area (Å²) >= 11 is 0. The average Bonchev–Trinajstić information content (AvgIpc) is 2.43. The van der Waals surface area contributed by atoms with Gasteiger partial charge in [-0.15, -0.1) is 0 Å². The molecule has 1 aromatic carbocycles. The highest BCUT2D eigenvalue weighted by molar-refractivity contribution is 7.89. The van der Waals surface area contributed by atoms with E-state index in [0.29, 0.717) is 0 Å². The van der Waals surface area contributed by atoms with Crippen molar-refractivity contribution in [1.82, 2.24) is 4.31 Å². The maximum absolute atomic E-state index is 12.4. The molecule has 0 fully saturated rings. The first-order valence-electron chi connectivity index (χ1n) is 5.53. The molecule has 6 nitrogen and oxygen atoms in total. The molecule has 1 rings (SSSR count). The standard InChI is InChI=1S/C12H14N2O4S/c1-3-14(9-12(15)18-2)19(16,17)11-7-5-4-6-10(11)8-13/h4-7H,3,9H2,1-2H3. The maximum Gasteiger partial charge on any atom is 0.321 e. The van der Waals surface area contributed by atoms with Crippen LogP contribution >= 0.6 is 0 Å². The van der Waals surface area contributed by atoms with Crippen LogP contribution in [0.5, 0.6) is 0 Å². The molecule has 0 saturated heterocycles. The molecule has 0 spiro atoms. The van der Waals surface area contributed by atoms with Gasteiger partial charge in [0.05, 0.1) is 17.6 Å². The lowest BCUT2D eigenvalue weighted by Gasteiger charge is -2.19. The highest BCUT2D eigenvalue weighted by Crippen LogP contribution is 2.19. The van der Waals surface area contributed by atoms with Crippen LogP contribution in [0.3, 0.4) is 0 Å². The lowest BCUT2D eigenvalue weighted by atomic mass is 10.2. The highest BCUT2D eigenvalue weighted by Gasteiger charge is 2.27. The van der Waals surface area contributed by atoms with Crippen LogP contribution in [0.1, 0.15) is 12.5 Å². The van der Waals surface area contributed by atoms with Crippen molar-refractivity contribution in [3.63, 3.8) is 0 Å². The van der Waals surface area contributed by atoms with Gasteiger partial charge in [0.25, 0.3) is 0 Å². The van der Waals surface area contributed by atoms with E-state index in [1.54, 1.807) is 13.0 Å². The van der Waals surface area contributed by atoms with Gasteiger partial charge >= 0.3 is 5.97 Å². The summed E-state index contributed by atoms with van der Waals surface area (Å²) in [5.41, 5.74) is 0.0471. The number of benzene rings is 1. The Labute approximate surface area is 112 Å². The molecule has 0 aliphatic carbocycles. The van der Waals surface area contributed by atoms with Crippen molar-refractivity contribution in [3.8, 4) is 6.07 Å². The minimum atomic E-state index is -3.89. The number of carbonyl (C=O) groups excluding carboxylic acids is 1. The van der Waals surface area contributed by atoms with Crippen molar-refractivity contribution in [2.75, 3.05) is 20.2 Å². The van der Waals surface area contributed by atoms with E-state index < -0.39 is 16.0 Å². The van der Waals surface area contributed by atoms with Crippen LogP contribution in [0.4, 0.5) is 0 Å². The van der Waals surface area contributed by atoms with Gasteiger partial charge in [-0.05, 0) is 12.1 Å². The van der Waals surface area contributed by atoms with Gasteiger partial charge in [0.2, 0.25) is 10.0 Å². The summed E-state index contributed by atoms with van der Waals surface area (Å²) in [7, 11) is -2.70. The van der Waals surface area contributed by atoms with Crippen LogP contribution in [-0.2, 0) is 19.6 Å². The Balaban J connectivity index is 3.22. The fourth-order valence-electron chi connectivity index (χ4n) is 1.50. The van der Waals surface area contributed by atoms with Crippen molar-refractivity contribution >= 4 is 16.0 Å². The molecule has 0 bridgehead atoms. The van der Waals surface area contributed by atoms with Crippen LogP contribution in [0, 0.1) is 11.3 Å². The summed E-state index contributed by atoms with van der Waals surface area (Å²) in [6, 6.07) is 7.69. The second-order valence-corrected chi connectivity index (χ2v) is 5.52. The third-order valence-electron chi connectivity index (χ3n) is 2.51. The minimum absolute atomic E-state index is 0.0471. The molecule has 0 radical (unpaired) electrons. The number of carbonyl (C=O) groups is 1. The lowest BCUT2D eigenvalue weighted by molar-refractivity contribution is -0.140. The van der Waals surface area contributed by atoms with Gasteiger partial charge in [0.15, 0.2) is 0 Å². The monoisotopic (exact) mass is 282 g/mol. The summed E-state index contributed by atoms with van der Waals surface area (Å²) in [5, 5.41) is 8.94. The molecule has 0 aliphatic heterocycles. The second-order valence-electron chi connectivity index (χ2n) is 3.62. The number of hydrogen-bond donors (Lipinski definition) is 0. The number of esters is 1. The summed E-state index contributed by atoms with van der Waals surface area (Å²) < 4.78 is 30.2. The Hall–Kier alpha value is -1.91. The third-order valence-corrected chi connectivity index (χ3v) is 4.49. The molecule has 0 unspecified atom stereocenters. The topological polar surface area (TPSA) is 87.5 Å². The van der Waals surface area contributed by atoms with Crippen LogP contribution in [-0.4, -0.2) is 38.9 Å². The van der Waals surface area contributed by atoms with E-state index in [2.05, 4.69) is 4.74 Å². The number of nitrogens with zero attached hydrogens (tertiary/aromatic N) is 2. The molecule has 0 amide bonds. The largest absolute Gasteiger partial charge is 0.468 e. The molecule has 0 N–H and O–H groups in total. The van der Waals surface area contributed by atoms with E-state index in [1.807, 2.05) is 6.07 Å². The Morgan fingerprint density at radius 3 is 2.58 bits per heavy atom. The number of nitriles is 1. The van der Waals surface area contributed by atoms with Gasteiger partial charge in [-0.25, -0.2) is 8.42 Å². The third kappa shape index (κ3) is 3.30. The molecular formula is C12H14N2O4S. The summed E-state index contributed by atoms with van der Waals surface area (Å²) in [5.74, 6) is -0.653. The summed E-state index contributed by atoms with van der Waals surface area (Å²) in [6.07, 6.45) is 0.